The summed E-state index contributed by atoms with van der Waals surface area (Å²) in [6.45, 7) is 4.07. The molecule has 0 unspecified atom stereocenters. The molecular weight excluding hydrogens is 256 g/mol. The second-order valence-electron chi connectivity index (χ2n) is 4.08. The van der Waals surface area contributed by atoms with Crippen molar-refractivity contribution in [2.24, 2.45) is 5.92 Å². The van der Waals surface area contributed by atoms with E-state index in [1.165, 1.54) is 0 Å². The summed E-state index contributed by atoms with van der Waals surface area (Å²) in [7, 11) is 0. The molecule has 0 aliphatic heterocycles. The predicted molar refractivity (Wildman–Crippen MR) is 64.0 cm³/mol. The van der Waals surface area contributed by atoms with Gasteiger partial charge in [-0.05, 0) is 30.0 Å². The molecule has 0 spiro atoms. The van der Waals surface area contributed by atoms with Crippen molar-refractivity contribution < 1.29 is 9.90 Å². The van der Waals surface area contributed by atoms with Gasteiger partial charge in [0.05, 0.1) is 5.92 Å². The standard InChI is InChI=1S/C12H15BrO2/c1-8(2)6-11(12(14)15)9-4-3-5-10(13)7-9/h3-5,7-8,11H,6H2,1-2H3,(H,14,15)/t11-/m1/s1. The Balaban J connectivity index is 2.94. The Morgan fingerprint density at radius 1 is 1.47 bits per heavy atom. The minimum Gasteiger partial charge on any atom is -0.481 e. The zero-order valence-corrected chi connectivity index (χ0v) is 10.5. The molecule has 0 amide bonds. The number of benzene rings is 1. The molecule has 1 atom stereocenters. The Morgan fingerprint density at radius 3 is 2.60 bits per heavy atom. The number of hydrogen-bond donors (Lipinski definition) is 1. The first-order valence-electron chi connectivity index (χ1n) is 4.99. The molecule has 0 aliphatic rings. The lowest BCUT2D eigenvalue weighted by Crippen LogP contribution is -2.13. The normalized spacial score (nSPS) is 12.8. The Hall–Kier alpha value is -0.830. The maximum atomic E-state index is 11.1. The third-order valence-corrected chi connectivity index (χ3v) is 2.75. The van der Waals surface area contributed by atoms with Crippen molar-refractivity contribution in [2.45, 2.75) is 26.2 Å². The average molecular weight is 271 g/mol. The largest absolute Gasteiger partial charge is 0.481 e. The molecule has 1 aromatic rings. The van der Waals surface area contributed by atoms with Gasteiger partial charge in [0.2, 0.25) is 0 Å². The summed E-state index contributed by atoms with van der Waals surface area (Å²) in [6, 6.07) is 7.51. The fourth-order valence-electron chi connectivity index (χ4n) is 1.57. The van der Waals surface area contributed by atoms with E-state index >= 15 is 0 Å². The van der Waals surface area contributed by atoms with Crippen molar-refractivity contribution >= 4 is 21.9 Å². The third-order valence-electron chi connectivity index (χ3n) is 2.26. The van der Waals surface area contributed by atoms with Crippen LogP contribution in [0.2, 0.25) is 0 Å². The van der Waals surface area contributed by atoms with E-state index in [0.717, 1.165) is 10.0 Å². The quantitative estimate of drug-likeness (QED) is 0.907. The Labute approximate surface area is 98.4 Å². The highest BCUT2D eigenvalue weighted by Gasteiger charge is 2.20. The monoisotopic (exact) mass is 270 g/mol. The van der Waals surface area contributed by atoms with Gasteiger partial charge in [0.15, 0.2) is 0 Å². The molecule has 0 heterocycles. The maximum absolute atomic E-state index is 11.1. The van der Waals surface area contributed by atoms with Crippen molar-refractivity contribution in [3.8, 4) is 0 Å². The first-order chi connectivity index (χ1) is 7.00. The van der Waals surface area contributed by atoms with Crippen LogP contribution in [0.15, 0.2) is 28.7 Å². The van der Waals surface area contributed by atoms with Crippen molar-refractivity contribution in [1.29, 1.82) is 0 Å². The van der Waals surface area contributed by atoms with E-state index in [9.17, 15) is 4.79 Å². The van der Waals surface area contributed by atoms with Crippen molar-refractivity contribution in [1.82, 2.24) is 0 Å². The lowest BCUT2D eigenvalue weighted by atomic mass is 9.90. The molecule has 2 nitrogen and oxygen atoms in total. The van der Waals surface area contributed by atoms with Gasteiger partial charge in [-0.3, -0.25) is 4.79 Å². The summed E-state index contributed by atoms with van der Waals surface area (Å²) in [5.41, 5.74) is 0.866. The van der Waals surface area contributed by atoms with E-state index < -0.39 is 11.9 Å². The number of carbonyl (C=O) groups is 1. The highest BCUT2D eigenvalue weighted by atomic mass is 79.9. The third kappa shape index (κ3) is 3.67. The molecule has 0 radical (unpaired) electrons. The second kappa shape index (κ2) is 5.31. The van der Waals surface area contributed by atoms with Crippen LogP contribution in [0.5, 0.6) is 0 Å². The summed E-state index contributed by atoms with van der Waals surface area (Å²) < 4.78 is 0.926. The number of aliphatic carboxylic acids is 1. The first-order valence-corrected chi connectivity index (χ1v) is 5.78. The highest BCUT2D eigenvalue weighted by molar-refractivity contribution is 9.10. The summed E-state index contributed by atoms with van der Waals surface area (Å²) in [5.74, 6) is -0.769. The summed E-state index contributed by atoms with van der Waals surface area (Å²) in [6.07, 6.45) is 0.672. The predicted octanol–water partition coefficient (Wildman–Crippen LogP) is 3.66. The number of hydrogen-bond acceptors (Lipinski definition) is 1. The van der Waals surface area contributed by atoms with E-state index in [0.29, 0.717) is 12.3 Å². The first kappa shape index (κ1) is 12.2. The van der Waals surface area contributed by atoms with Crippen LogP contribution >= 0.6 is 15.9 Å². The van der Waals surface area contributed by atoms with E-state index in [1.807, 2.05) is 38.1 Å². The van der Waals surface area contributed by atoms with Crippen LogP contribution in [-0.2, 0) is 4.79 Å². The molecule has 0 fully saturated rings. The molecule has 1 aromatic carbocycles. The van der Waals surface area contributed by atoms with Crippen LogP contribution in [0, 0.1) is 5.92 Å². The van der Waals surface area contributed by atoms with Gasteiger partial charge in [0, 0.05) is 4.47 Å². The molecule has 15 heavy (non-hydrogen) atoms. The van der Waals surface area contributed by atoms with Gasteiger partial charge in [0.1, 0.15) is 0 Å². The van der Waals surface area contributed by atoms with E-state index in [4.69, 9.17) is 5.11 Å². The molecule has 3 heteroatoms. The van der Waals surface area contributed by atoms with Crippen LogP contribution in [0.25, 0.3) is 0 Å². The number of carboxylic acids is 1. The van der Waals surface area contributed by atoms with E-state index in [-0.39, 0.29) is 0 Å². The maximum Gasteiger partial charge on any atom is 0.310 e. The topological polar surface area (TPSA) is 37.3 Å². The molecular formula is C12H15BrO2. The van der Waals surface area contributed by atoms with Crippen LogP contribution < -0.4 is 0 Å². The van der Waals surface area contributed by atoms with Crippen LogP contribution in [-0.4, -0.2) is 11.1 Å². The smallest absolute Gasteiger partial charge is 0.310 e. The van der Waals surface area contributed by atoms with Crippen LogP contribution in [0.4, 0.5) is 0 Å². The van der Waals surface area contributed by atoms with Gasteiger partial charge in [0.25, 0.3) is 0 Å². The van der Waals surface area contributed by atoms with Crippen LogP contribution in [0.1, 0.15) is 31.7 Å². The molecule has 1 N–H and O–H groups in total. The van der Waals surface area contributed by atoms with Crippen molar-refractivity contribution in [3.63, 3.8) is 0 Å². The molecule has 0 aromatic heterocycles. The fourth-order valence-corrected chi connectivity index (χ4v) is 1.99. The second-order valence-corrected chi connectivity index (χ2v) is 4.99. The van der Waals surface area contributed by atoms with E-state index in [1.54, 1.807) is 0 Å². The summed E-state index contributed by atoms with van der Waals surface area (Å²) >= 11 is 3.35. The highest BCUT2D eigenvalue weighted by Crippen LogP contribution is 2.26. The van der Waals surface area contributed by atoms with Gasteiger partial charge in [-0.25, -0.2) is 0 Å². The molecule has 1 rings (SSSR count). The number of halogens is 1. The molecule has 0 bridgehead atoms. The molecule has 0 saturated heterocycles. The van der Waals surface area contributed by atoms with E-state index in [2.05, 4.69) is 15.9 Å². The van der Waals surface area contributed by atoms with Crippen molar-refractivity contribution in [2.75, 3.05) is 0 Å². The average Bonchev–Trinajstić information content (AvgIpc) is 2.13. The summed E-state index contributed by atoms with van der Waals surface area (Å²) in [5, 5.41) is 9.15. The Morgan fingerprint density at radius 2 is 2.13 bits per heavy atom. The minimum absolute atomic E-state index is 0.380. The lowest BCUT2D eigenvalue weighted by molar-refractivity contribution is -0.139. The fraction of sp³-hybridized carbons (Fsp3) is 0.417. The SMILES string of the molecule is CC(C)C[C@@H](C(=O)O)c1cccc(Br)c1. The van der Waals surface area contributed by atoms with Gasteiger partial charge < -0.3 is 5.11 Å². The molecule has 0 saturated carbocycles. The summed E-state index contributed by atoms with van der Waals surface area (Å²) in [4.78, 5) is 11.1. The van der Waals surface area contributed by atoms with Crippen molar-refractivity contribution in [3.05, 3.63) is 34.3 Å². The number of carboxylic acid groups (broad SMARTS) is 1. The molecule has 0 aliphatic carbocycles. The van der Waals surface area contributed by atoms with Gasteiger partial charge in [-0.1, -0.05) is 41.9 Å². The zero-order valence-electron chi connectivity index (χ0n) is 8.90. The van der Waals surface area contributed by atoms with Gasteiger partial charge >= 0.3 is 5.97 Å². The number of rotatable bonds is 4. The lowest BCUT2D eigenvalue weighted by Gasteiger charge is -2.15. The van der Waals surface area contributed by atoms with Gasteiger partial charge in [-0.2, -0.15) is 0 Å². The minimum atomic E-state index is -0.748. The zero-order chi connectivity index (χ0) is 11.4. The molecule has 82 valence electrons. The Kier molecular flexibility index (Phi) is 4.33. The Bertz CT molecular complexity index is 347. The van der Waals surface area contributed by atoms with Gasteiger partial charge in [-0.15, -0.1) is 0 Å². The van der Waals surface area contributed by atoms with Crippen LogP contribution in [0.3, 0.4) is 0 Å².